The summed E-state index contributed by atoms with van der Waals surface area (Å²) in [7, 11) is 0. The third kappa shape index (κ3) is 6.25. The second-order valence-corrected chi connectivity index (χ2v) is 15.8. The van der Waals surface area contributed by atoms with Crippen molar-refractivity contribution in [1.82, 2.24) is 25.8 Å². The molecule has 7 aliphatic rings. The largest absolute Gasteiger partial charge is 0.444 e. The molecular formula is C34H52FN5O5. The van der Waals surface area contributed by atoms with Gasteiger partial charge in [0, 0.05) is 43.8 Å². The average molecular weight is 630 g/mol. The minimum absolute atomic E-state index is 0.0115. The van der Waals surface area contributed by atoms with Crippen LogP contribution in [0.5, 0.6) is 0 Å². The Balaban J connectivity index is 1.15. The van der Waals surface area contributed by atoms with Gasteiger partial charge in [-0.2, -0.15) is 0 Å². The fourth-order valence-electron chi connectivity index (χ4n) is 9.75. The number of alkyl halides is 1. The van der Waals surface area contributed by atoms with Crippen LogP contribution in [-0.2, 0) is 19.1 Å². The molecule has 6 fully saturated rings. The molecule has 3 aliphatic carbocycles. The molecule has 11 unspecified atom stereocenters. The maximum Gasteiger partial charge on any atom is 0.407 e. The number of hydrogen-bond donors (Lipinski definition) is 3. The van der Waals surface area contributed by atoms with E-state index in [2.05, 4.69) is 25.8 Å². The third-order valence-corrected chi connectivity index (χ3v) is 11.7. The van der Waals surface area contributed by atoms with Crippen molar-refractivity contribution in [3.63, 3.8) is 0 Å². The molecule has 11 heteroatoms. The molecule has 0 bridgehead atoms. The summed E-state index contributed by atoms with van der Waals surface area (Å²) in [5, 5.41) is 9.42. The van der Waals surface area contributed by atoms with E-state index < -0.39 is 35.9 Å². The van der Waals surface area contributed by atoms with E-state index in [0.29, 0.717) is 37.9 Å². The Morgan fingerprint density at radius 1 is 1.00 bits per heavy atom. The third-order valence-electron chi connectivity index (χ3n) is 11.7. The van der Waals surface area contributed by atoms with Crippen molar-refractivity contribution < 1.29 is 28.2 Å². The molecule has 0 aromatic carbocycles. The van der Waals surface area contributed by atoms with Gasteiger partial charge >= 0.3 is 6.09 Å². The van der Waals surface area contributed by atoms with E-state index in [-0.39, 0.29) is 54.0 Å². The average Bonchev–Trinajstić information content (AvgIpc) is 3.44. The zero-order chi connectivity index (χ0) is 31.5. The van der Waals surface area contributed by atoms with Crippen molar-refractivity contribution >= 4 is 17.8 Å². The van der Waals surface area contributed by atoms with E-state index in [4.69, 9.17) is 9.47 Å². The highest BCUT2D eigenvalue weighted by Gasteiger charge is 2.61. The van der Waals surface area contributed by atoms with Crippen LogP contribution in [0.4, 0.5) is 9.18 Å². The topological polar surface area (TPSA) is 112 Å². The number of halogens is 1. The van der Waals surface area contributed by atoms with E-state index in [9.17, 15) is 14.4 Å². The van der Waals surface area contributed by atoms with Gasteiger partial charge in [0.25, 0.3) is 5.91 Å². The molecule has 45 heavy (non-hydrogen) atoms. The molecule has 2 amide bonds. The molecule has 0 spiro atoms. The van der Waals surface area contributed by atoms with Crippen LogP contribution in [0.25, 0.3) is 0 Å². The fourth-order valence-corrected chi connectivity index (χ4v) is 9.75. The Labute approximate surface area is 266 Å². The molecule has 0 aromatic heterocycles. The summed E-state index contributed by atoms with van der Waals surface area (Å²) in [6, 6.07) is -0.900. The van der Waals surface area contributed by atoms with Crippen LogP contribution in [0.2, 0.25) is 0 Å². The number of hydrogen-bond acceptors (Lipinski definition) is 8. The van der Waals surface area contributed by atoms with E-state index in [1.807, 2.05) is 27.0 Å². The van der Waals surface area contributed by atoms with Gasteiger partial charge in [-0.25, -0.2) is 9.18 Å². The lowest BCUT2D eigenvalue weighted by Crippen LogP contribution is -2.73. The number of ether oxygens (including phenoxy) is 2. The van der Waals surface area contributed by atoms with E-state index in [1.165, 1.54) is 25.7 Å². The summed E-state index contributed by atoms with van der Waals surface area (Å²) in [5.74, 6) is 0.0393. The number of piperidine rings is 1. The highest BCUT2D eigenvalue weighted by atomic mass is 19.1. The first-order valence-corrected chi connectivity index (χ1v) is 17.6. The fraction of sp³-hybridized carbons (Fsp3) is 0.853. The minimum Gasteiger partial charge on any atom is -0.444 e. The van der Waals surface area contributed by atoms with Crippen LogP contribution >= 0.6 is 0 Å². The molecule has 10 nitrogen and oxygen atoms in total. The van der Waals surface area contributed by atoms with Gasteiger partial charge in [-0.1, -0.05) is 25.7 Å². The van der Waals surface area contributed by atoms with Gasteiger partial charge < -0.3 is 30.3 Å². The summed E-state index contributed by atoms with van der Waals surface area (Å²) in [4.78, 5) is 44.6. The number of alkyl carbamates (subject to hydrolysis) is 1. The number of nitrogens with zero attached hydrogens (tertiary/aromatic N) is 2. The predicted octanol–water partition coefficient (Wildman–Crippen LogP) is 3.05. The van der Waals surface area contributed by atoms with Gasteiger partial charge in [0.05, 0.1) is 35.9 Å². The van der Waals surface area contributed by atoms with Gasteiger partial charge in [0.1, 0.15) is 11.8 Å². The molecule has 250 valence electrons. The Bertz CT molecular complexity index is 1190. The highest BCUT2D eigenvalue weighted by Crippen LogP contribution is 2.51. The Morgan fingerprint density at radius 3 is 2.51 bits per heavy atom. The summed E-state index contributed by atoms with van der Waals surface area (Å²) in [6.07, 6.45) is 9.06. The van der Waals surface area contributed by atoms with Crippen molar-refractivity contribution in [2.24, 2.45) is 17.8 Å². The maximum absolute atomic E-state index is 16.5. The smallest absolute Gasteiger partial charge is 0.407 e. The maximum atomic E-state index is 16.5. The quantitative estimate of drug-likeness (QED) is 0.407. The van der Waals surface area contributed by atoms with Crippen molar-refractivity contribution in [3.05, 3.63) is 11.8 Å². The number of rotatable bonds is 4. The van der Waals surface area contributed by atoms with Gasteiger partial charge in [-0.05, 0) is 77.7 Å². The second kappa shape index (κ2) is 12.4. The van der Waals surface area contributed by atoms with Crippen molar-refractivity contribution in [2.45, 2.75) is 139 Å². The van der Waals surface area contributed by atoms with Crippen molar-refractivity contribution in [3.8, 4) is 0 Å². The molecule has 0 aromatic rings. The first kappa shape index (κ1) is 31.4. The lowest BCUT2D eigenvalue weighted by atomic mass is 9.64. The van der Waals surface area contributed by atoms with E-state index in [1.54, 1.807) is 0 Å². The molecular weight excluding hydrogens is 577 g/mol. The second-order valence-electron chi connectivity index (χ2n) is 15.8. The monoisotopic (exact) mass is 629 g/mol. The van der Waals surface area contributed by atoms with Crippen LogP contribution in [-0.4, -0.2) is 108 Å². The van der Waals surface area contributed by atoms with Crippen molar-refractivity contribution in [2.75, 3.05) is 26.2 Å². The number of nitrogens with one attached hydrogen (secondary N) is 3. The number of carbonyl (C=O) groups is 3. The summed E-state index contributed by atoms with van der Waals surface area (Å²) in [6.45, 7) is 8.28. The zero-order valence-electron chi connectivity index (χ0n) is 27.1. The van der Waals surface area contributed by atoms with Gasteiger partial charge in [-0.3, -0.25) is 14.5 Å². The number of morpholine rings is 1. The zero-order valence-corrected chi connectivity index (χ0v) is 27.1. The summed E-state index contributed by atoms with van der Waals surface area (Å²) >= 11 is 0. The predicted molar refractivity (Wildman–Crippen MR) is 166 cm³/mol. The van der Waals surface area contributed by atoms with Crippen LogP contribution in [0.1, 0.15) is 85.0 Å². The lowest BCUT2D eigenvalue weighted by Gasteiger charge is -2.61. The number of amides is 2. The van der Waals surface area contributed by atoms with Crippen LogP contribution in [0, 0.1) is 17.8 Å². The normalized spacial score (nSPS) is 41.7. The molecule has 7 rings (SSSR count). The molecule has 3 saturated heterocycles. The SMILES string of the molecule is CC(C)(C)OC(=O)NC1CCN(C2C(F)CC3C(=O)C(C(=O)NC4CCCNC4)=CN4C5CC6CCCCC6CC5OC2C34)C1. The van der Waals surface area contributed by atoms with E-state index >= 15 is 4.39 Å². The molecule has 4 heterocycles. The first-order chi connectivity index (χ1) is 21.6. The summed E-state index contributed by atoms with van der Waals surface area (Å²) < 4.78 is 29.0. The van der Waals surface area contributed by atoms with Gasteiger partial charge in [-0.15, -0.1) is 0 Å². The van der Waals surface area contributed by atoms with Crippen LogP contribution in [0.3, 0.4) is 0 Å². The standard InChI is InChI=1S/C34H52FN5O5/c1-34(2,3)45-33(43)38-22-10-12-39(17-22)29-25(35)15-23-28-31(29)44-27-14-20-8-5-4-7-19(20)13-26(27)40(28)18-24(30(23)41)32(42)37-21-9-6-11-36-16-21/h18-23,25-29,31,36H,4-17H2,1-3H3,(H,37,42)(H,38,43). The lowest BCUT2D eigenvalue weighted by molar-refractivity contribution is -0.219. The number of ketones is 1. The number of Topliss-reactive ketones (excluding diaryl/α,β-unsaturated/α-hetero) is 1. The Hall–Kier alpha value is -2.24. The van der Waals surface area contributed by atoms with E-state index in [0.717, 1.165) is 32.2 Å². The molecule has 3 N–H and O–H groups in total. The first-order valence-electron chi connectivity index (χ1n) is 17.6. The van der Waals surface area contributed by atoms with Crippen LogP contribution in [0.15, 0.2) is 11.8 Å². The molecule has 3 saturated carbocycles. The number of fused-ring (bicyclic) bond motifs is 3. The molecule has 4 aliphatic heterocycles. The van der Waals surface area contributed by atoms with Gasteiger partial charge in [0.15, 0.2) is 5.78 Å². The number of likely N-dealkylation sites (tertiary alicyclic amines) is 1. The minimum atomic E-state index is -1.28. The molecule has 11 atom stereocenters. The van der Waals surface area contributed by atoms with Gasteiger partial charge in [0.2, 0.25) is 0 Å². The molecule has 0 radical (unpaired) electrons. The summed E-state index contributed by atoms with van der Waals surface area (Å²) in [5.41, 5.74) is -0.414. The highest BCUT2D eigenvalue weighted by molar-refractivity contribution is 6.20. The van der Waals surface area contributed by atoms with Crippen molar-refractivity contribution in [1.29, 1.82) is 0 Å². The van der Waals surface area contributed by atoms with Crippen LogP contribution < -0.4 is 16.0 Å². The Kier molecular flexibility index (Phi) is 8.65. The number of carbonyl (C=O) groups excluding carboxylic acids is 3. The Morgan fingerprint density at radius 2 is 1.78 bits per heavy atom.